The average Bonchev–Trinajstić information content (AvgIpc) is 4.03. The predicted molar refractivity (Wildman–Crippen MR) is 256 cm³/mol. The molecule has 6 heterocycles. The smallest absolute Gasteiger partial charge is 0.227 e. The molecular formula is C57H34N4O2. The lowest BCUT2D eigenvalue weighted by Gasteiger charge is -2.10. The van der Waals surface area contributed by atoms with Gasteiger partial charge >= 0.3 is 0 Å². The lowest BCUT2D eigenvalue weighted by molar-refractivity contribution is 0.653. The van der Waals surface area contributed by atoms with Gasteiger partial charge in [-0.3, -0.25) is 0 Å². The molecule has 0 aliphatic carbocycles. The van der Waals surface area contributed by atoms with Crippen LogP contribution >= 0.6 is 0 Å². The number of benzene rings is 7. The van der Waals surface area contributed by atoms with E-state index in [1.54, 1.807) is 12.4 Å². The molecule has 0 aliphatic rings. The van der Waals surface area contributed by atoms with Crippen LogP contribution in [0, 0.1) is 0 Å². The fraction of sp³-hybridized carbons (Fsp3) is 0. The van der Waals surface area contributed by atoms with Gasteiger partial charge in [0.05, 0.1) is 22.2 Å². The zero-order valence-electron chi connectivity index (χ0n) is 33.7. The van der Waals surface area contributed by atoms with Crippen molar-refractivity contribution in [2.24, 2.45) is 0 Å². The standard InChI is InChI=1S/C57H34N4O2/c1-2-15-44(16-3-1)61-51-23-19-40(37-11-4-9-35(29-37)36-10-5-12-38(30-36)41-20-25-53-47(32-41)45-17-7-27-58-56(45)62-53)34-49(51)55-52(61)24-22-50(60-55)43-14-6-13-39(31-43)42-21-26-54-48(33-42)46-18-8-28-59-57(46)63-54/h1-34H. The largest absolute Gasteiger partial charge is 0.438 e. The predicted octanol–water partition coefficient (Wildman–Crippen LogP) is 15.1. The molecule has 63 heavy (non-hydrogen) atoms. The summed E-state index contributed by atoms with van der Waals surface area (Å²) in [6, 6.07) is 68.7. The molecule has 0 saturated carbocycles. The summed E-state index contributed by atoms with van der Waals surface area (Å²) in [6.07, 6.45) is 3.53. The summed E-state index contributed by atoms with van der Waals surface area (Å²) in [6.45, 7) is 0. The van der Waals surface area contributed by atoms with Crippen LogP contribution < -0.4 is 0 Å². The van der Waals surface area contributed by atoms with Crippen LogP contribution in [0.3, 0.4) is 0 Å². The number of fused-ring (bicyclic) bond motifs is 9. The SMILES string of the molecule is c1ccc(-n2c3ccc(-c4cccc(-c5cccc(-c6ccc7oc8ncccc8c7c6)c5)c4)cc3c3nc(-c4cccc(-c5ccc6oc7ncccc7c6c5)c4)ccc32)cc1. The van der Waals surface area contributed by atoms with Gasteiger partial charge in [0.15, 0.2) is 0 Å². The highest BCUT2D eigenvalue weighted by Gasteiger charge is 2.17. The molecule has 0 spiro atoms. The lowest BCUT2D eigenvalue weighted by Crippen LogP contribution is -1.93. The third-order valence-corrected chi connectivity index (χ3v) is 12.3. The van der Waals surface area contributed by atoms with Gasteiger partial charge in [-0.2, -0.15) is 0 Å². The van der Waals surface area contributed by atoms with Gasteiger partial charge in [0.1, 0.15) is 11.2 Å². The maximum atomic E-state index is 6.02. The number of aromatic nitrogens is 4. The number of hydrogen-bond donors (Lipinski definition) is 0. The molecule has 0 aliphatic heterocycles. The molecule has 6 heteroatoms. The van der Waals surface area contributed by atoms with E-state index in [1.165, 1.54) is 0 Å². The summed E-state index contributed by atoms with van der Waals surface area (Å²) < 4.78 is 14.4. The Morgan fingerprint density at radius 2 is 0.810 bits per heavy atom. The average molecular weight is 807 g/mol. The van der Waals surface area contributed by atoms with Crippen molar-refractivity contribution in [2.75, 3.05) is 0 Å². The van der Waals surface area contributed by atoms with Crippen LogP contribution in [0.5, 0.6) is 0 Å². The third kappa shape index (κ3) is 5.84. The number of para-hydroxylation sites is 1. The maximum absolute atomic E-state index is 6.02. The van der Waals surface area contributed by atoms with E-state index >= 15 is 0 Å². The molecule has 294 valence electrons. The van der Waals surface area contributed by atoms with Gasteiger partial charge < -0.3 is 13.4 Å². The Labute approximate surface area is 361 Å². The Balaban J connectivity index is 0.896. The summed E-state index contributed by atoms with van der Waals surface area (Å²) in [7, 11) is 0. The lowest BCUT2D eigenvalue weighted by atomic mass is 9.95. The molecule has 0 N–H and O–H groups in total. The molecule has 6 nitrogen and oxygen atoms in total. The Kier molecular flexibility index (Phi) is 7.80. The van der Waals surface area contributed by atoms with E-state index < -0.39 is 0 Å². The molecule has 0 unspecified atom stereocenters. The summed E-state index contributed by atoms with van der Waals surface area (Å²) in [5, 5.41) is 5.26. The Morgan fingerprint density at radius 1 is 0.333 bits per heavy atom. The first-order chi connectivity index (χ1) is 31.2. The molecule has 6 aromatic heterocycles. The third-order valence-electron chi connectivity index (χ3n) is 12.3. The van der Waals surface area contributed by atoms with Gasteiger partial charge in [0.25, 0.3) is 0 Å². The van der Waals surface area contributed by atoms with E-state index in [9.17, 15) is 0 Å². The van der Waals surface area contributed by atoms with E-state index in [0.717, 1.165) is 116 Å². The monoisotopic (exact) mass is 806 g/mol. The van der Waals surface area contributed by atoms with Gasteiger partial charge in [-0.15, -0.1) is 0 Å². The summed E-state index contributed by atoms with van der Waals surface area (Å²) in [4.78, 5) is 14.3. The number of pyridine rings is 3. The molecule has 7 aromatic carbocycles. The summed E-state index contributed by atoms with van der Waals surface area (Å²) in [5.74, 6) is 0. The second-order valence-electron chi connectivity index (χ2n) is 16.0. The molecule has 0 saturated heterocycles. The number of nitrogens with zero attached hydrogens (tertiary/aromatic N) is 4. The molecule has 0 amide bonds. The van der Waals surface area contributed by atoms with Crippen molar-refractivity contribution < 1.29 is 8.83 Å². The first-order valence-electron chi connectivity index (χ1n) is 21.1. The number of furan rings is 2. The minimum Gasteiger partial charge on any atom is -0.438 e. The minimum absolute atomic E-state index is 0.652. The fourth-order valence-corrected chi connectivity index (χ4v) is 9.27. The van der Waals surface area contributed by atoms with Crippen LogP contribution in [0.4, 0.5) is 0 Å². The van der Waals surface area contributed by atoms with Crippen LogP contribution in [0.2, 0.25) is 0 Å². The fourth-order valence-electron chi connectivity index (χ4n) is 9.27. The van der Waals surface area contributed by atoms with Gasteiger partial charge in [-0.25, -0.2) is 15.0 Å². The van der Waals surface area contributed by atoms with Crippen LogP contribution in [-0.4, -0.2) is 19.5 Å². The van der Waals surface area contributed by atoms with Gasteiger partial charge in [0, 0.05) is 50.6 Å². The van der Waals surface area contributed by atoms with Crippen molar-refractivity contribution in [1.82, 2.24) is 19.5 Å². The van der Waals surface area contributed by atoms with Crippen molar-refractivity contribution in [2.45, 2.75) is 0 Å². The van der Waals surface area contributed by atoms with Crippen LogP contribution in [0.25, 0.3) is 128 Å². The van der Waals surface area contributed by atoms with Gasteiger partial charge in [-0.1, -0.05) is 91.0 Å². The first-order valence-corrected chi connectivity index (χ1v) is 21.1. The van der Waals surface area contributed by atoms with E-state index in [4.69, 9.17) is 13.8 Å². The quantitative estimate of drug-likeness (QED) is 0.167. The van der Waals surface area contributed by atoms with E-state index in [-0.39, 0.29) is 0 Å². The molecule has 0 atom stereocenters. The van der Waals surface area contributed by atoms with Crippen molar-refractivity contribution in [1.29, 1.82) is 0 Å². The number of rotatable bonds is 6. The zero-order valence-corrected chi connectivity index (χ0v) is 33.7. The van der Waals surface area contributed by atoms with E-state index in [2.05, 4.69) is 184 Å². The second-order valence-corrected chi connectivity index (χ2v) is 16.0. The normalized spacial score (nSPS) is 11.8. The topological polar surface area (TPSA) is 69.9 Å². The molecule has 0 radical (unpaired) electrons. The first kappa shape index (κ1) is 35.2. The highest BCUT2D eigenvalue weighted by atomic mass is 16.3. The van der Waals surface area contributed by atoms with Crippen molar-refractivity contribution in [3.05, 3.63) is 207 Å². The van der Waals surface area contributed by atoms with Crippen molar-refractivity contribution in [3.8, 4) is 61.5 Å². The zero-order chi connectivity index (χ0) is 41.4. The van der Waals surface area contributed by atoms with E-state index in [1.807, 2.05) is 24.3 Å². The van der Waals surface area contributed by atoms with Crippen molar-refractivity contribution in [3.63, 3.8) is 0 Å². The Bertz CT molecular complexity index is 3930. The van der Waals surface area contributed by atoms with Crippen LogP contribution in [0.15, 0.2) is 215 Å². The van der Waals surface area contributed by atoms with Gasteiger partial charge in [-0.05, 0) is 148 Å². The maximum Gasteiger partial charge on any atom is 0.227 e. The summed E-state index contributed by atoms with van der Waals surface area (Å²) in [5.41, 5.74) is 18.2. The van der Waals surface area contributed by atoms with Gasteiger partial charge in [0.2, 0.25) is 11.4 Å². The minimum atomic E-state index is 0.652. The highest BCUT2D eigenvalue weighted by Crippen LogP contribution is 2.39. The molecule has 13 rings (SSSR count). The molecule has 0 fully saturated rings. The van der Waals surface area contributed by atoms with Crippen LogP contribution in [0.1, 0.15) is 0 Å². The Hall–Kier alpha value is -8.61. The molecular weight excluding hydrogens is 773 g/mol. The second kappa shape index (κ2) is 14.0. The van der Waals surface area contributed by atoms with E-state index in [0.29, 0.717) is 11.4 Å². The highest BCUT2D eigenvalue weighted by molar-refractivity contribution is 6.10. The van der Waals surface area contributed by atoms with Crippen LogP contribution in [-0.2, 0) is 0 Å². The number of hydrogen-bond acceptors (Lipinski definition) is 5. The molecule has 13 aromatic rings. The molecule has 0 bridgehead atoms. The summed E-state index contributed by atoms with van der Waals surface area (Å²) >= 11 is 0. The Morgan fingerprint density at radius 3 is 1.38 bits per heavy atom. The van der Waals surface area contributed by atoms with Crippen molar-refractivity contribution >= 4 is 66.1 Å².